The lowest BCUT2D eigenvalue weighted by atomic mass is 10.2. The van der Waals surface area contributed by atoms with Gasteiger partial charge in [0.05, 0.1) is 0 Å². The molecular weight excluding hydrogens is 295 g/mol. The van der Waals surface area contributed by atoms with Gasteiger partial charge < -0.3 is 4.90 Å². The number of carbonyl (C=O) groups excluding carboxylic acids is 1. The van der Waals surface area contributed by atoms with Crippen LogP contribution in [0.1, 0.15) is 19.4 Å². The number of anilines is 1. The van der Waals surface area contributed by atoms with Crippen LogP contribution in [-0.4, -0.2) is 44.0 Å². The van der Waals surface area contributed by atoms with Crippen molar-refractivity contribution in [2.75, 3.05) is 30.3 Å². The van der Waals surface area contributed by atoms with Gasteiger partial charge in [-0.3, -0.25) is 4.79 Å². The number of carbonyl (C=O) groups is 1. The van der Waals surface area contributed by atoms with Crippen molar-refractivity contribution < 1.29 is 17.6 Å². The third-order valence-electron chi connectivity index (χ3n) is 3.65. The summed E-state index contributed by atoms with van der Waals surface area (Å²) in [6.07, 6.45) is 0.618. The van der Waals surface area contributed by atoms with Gasteiger partial charge in [0.15, 0.2) is 0 Å². The van der Waals surface area contributed by atoms with Crippen molar-refractivity contribution in [1.29, 1.82) is 0 Å². The van der Waals surface area contributed by atoms with Gasteiger partial charge in [-0.25, -0.2) is 17.1 Å². The Morgan fingerprint density at radius 1 is 1.33 bits per heavy atom. The zero-order chi connectivity index (χ0) is 15.6. The highest BCUT2D eigenvalue weighted by Crippen LogP contribution is 2.29. The van der Waals surface area contributed by atoms with Crippen LogP contribution in [0.2, 0.25) is 0 Å². The molecule has 0 saturated heterocycles. The molecule has 1 aliphatic rings. The van der Waals surface area contributed by atoms with E-state index in [1.165, 1.54) is 21.3 Å². The van der Waals surface area contributed by atoms with Crippen molar-refractivity contribution in [3.63, 3.8) is 0 Å². The minimum absolute atomic E-state index is 0.331. The summed E-state index contributed by atoms with van der Waals surface area (Å²) in [6, 6.07) is 4.26. The number of sulfonamides is 1. The number of hydrogen-bond donors (Lipinski definition) is 0. The third-order valence-corrected chi connectivity index (χ3v) is 5.56. The van der Waals surface area contributed by atoms with Crippen molar-refractivity contribution in [1.82, 2.24) is 4.31 Å². The van der Waals surface area contributed by atoms with E-state index in [1.807, 2.05) is 0 Å². The van der Waals surface area contributed by atoms with Crippen LogP contribution in [0.3, 0.4) is 0 Å². The maximum atomic E-state index is 13.3. The number of amides is 1. The van der Waals surface area contributed by atoms with Gasteiger partial charge in [0.1, 0.15) is 11.6 Å². The van der Waals surface area contributed by atoms with Gasteiger partial charge in [-0.05, 0) is 24.1 Å². The Hall–Kier alpha value is -1.47. The second kappa shape index (κ2) is 6.11. The molecule has 0 aromatic heterocycles. The fraction of sp³-hybridized carbons (Fsp3) is 0.500. The summed E-state index contributed by atoms with van der Waals surface area (Å²) in [6.45, 7) is 4.51. The minimum Gasteiger partial charge on any atom is -0.311 e. The van der Waals surface area contributed by atoms with Crippen molar-refractivity contribution >= 4 is 21.6 Å². The molecule has 1 amide bonds. The largest absolute Gasteiger partial charge is 0.311 e. The Kier molecular flexibility index (Phi) is 4.63. The first kappa shape index (κ1) is 15.9. The Morgan fingerprint density at radius 3 is 2.62 bits per heavy atom. The van der Waals surface area contributed by atoms with E-state index in [4.69, 9.17) is 0 Å². The van der Waals surface area contributed by atoms with Gasteiger partial charge in [0.25, 0.3) is 0 Å². The number of rotatable bonds is 5. The van der Waals surface area contributed by atoms with E-state index in [0.29, 0.717) is 31.7 Å². The smallest absolute Gasteiger partial charge is 0.243 e. The molecule has 2 rings (SSSR count). The lowest BCUT2D eigenvalue weighted by molar-refractivity contribution is -0.116. The maximum absolute atomic E-state index is 13.3. The van der Waals surface area contributed by atoms with Crippen LogP contribution in [-0.2, 0) is 21.2 Å². The van der Waals surface area contributed by atoms with E-state index in [-0.39, 0.29) is 0 Å². The molecule has 7 heteroatoms. The average Bonchev–Trinajstić information content (AvgIpc) is 2.82. The molecule has 1 aromatic carbocycles. The molecule has 0 saturated carbocycles. The fourth-order valence-electron chi connectivity index (χ4n) is 2.55. The zero-order valence-electron chi connectivity index (χ0n) is 12.2. The SMILES string of the molecule is CCN(CC)S(=O)(=O)CC(=O)N1CCc2ccc(F)cc21. The van der Waals surface area contributed by atoms with E-state index >= 15 is 0 Å². The Balaban J connectivity index is 2.19. The Morgan fingerprint density at radius 2 is 2.00 bits per heavy atom. The number of hydrogen-bond acceptors (Lipinski definition) is 3. The summed E-state index contributed by atoms with van der Waals surface area (Å²) in [7, 11) is -3.62. The molecule has 0 atom stereocenters. The summed E-state index contributed by atoms with van der Waals surface area (Å²) >= 11 is 0. The van der Waals surface area contributed by atoms with Crippen LogP contribution in [0.25, 0.3) is 0 Å². The fourth-order valence-corrected chi connectivity index (χ4v) is 3.99. The lowest BCUT2D eigenvalue weighted by Gasteiger charge is -2.21. The molecule has 0 N–H and O–H groups in total. The highest BCUT2D eigenvalue weighted by Gasteiger charge is 2.30. The highest BCUT2D eigenvalue weighted by molar-refractivity contribution is 7.89. The first-order valence-electron chi connectivity index (χ1n) is 6.95. The molecule has 0 aliphatic carbocycles. The quantitative estimate of drug-likeness (QED) is 0.825. The first-order chi connectivity index (χ1) is 9.89. The zero-order valence-corrected chi connectivity index (χ0v) is 13.0. The number of nitrogens with zero attached hydrogens (tertiary/aromatic N) is 2. The molecular formula is C14H19FN2O3S. The lowest BCUT2D eigenvalue weighted by Crippen LogP contribution is -2.41. The second-order valence-corrected chi connectivity index (χ2v) is 6.88. The molecule has 0 bridgehead atoms. The van der Waals surface area contributed by atoms with Crippen LogP contribution in [0.5, 0.6) is 0 Å². The summed E-state index contributed by atoms with van der Waals surface area (Å²) in [5.74, 6) is -1.52. The molecule has 0 unspecified atom stereocenters. The monoisotopic (exact) mass is 314 g/mol. The number of fused-ring (bicyclic) bond motifs is 1. The molecule has 1 aromatic rings. The van der Waals surface area contributed by atoms with Crippen LogP contribution >= 0.6 is 0 Å². The van der Waals surface area contributed by atoms with Crippen molar-refractivity contribution in [2.24, 2.45) is 0 Å². The Bertz CT molecular complexity index is 642. The Labute approximate surface area is 124 Å². The number of benzene rings is 1. The molecule has 0 radical (unpaired) electrons. The van der Waals surface area contributed by atoms with Gasteiger partial charge in [0, 0.05) is 25.3 Å². The van der Waals surface area contributed by atoms with E-state index in [2.05, 4.69) is 0 Å². The normalized spacial score (nSPS) is 14.6. The summed E-state index contributed by atoms with van der Waals surface area (Å²) in [4.78, 5) is 13.6. The van der Waals surface area contributed by atoms with Crippen molar-refractivity contribution in [3.8, 4) is 0 Å². The van der Waals surface area contributed by atoms with Crippen molar-refractivity contribution in [2.45, 2.75) is 20.3 Å². The van der Waals surface area contributed by atoms with Gasteiger partial charge in [-0.15, -0.1) is 0 Å². The van der Waals surface area contributed by atoms with Gasteiger partial charge in [-0.2, -0.15) is 0 Å². The summed E-state index contributed by atoms with van der Waals surface area (Å²) < 4.78 is 38.9. The van der Waals surface area contributed by atoms with Gasteiger partial charge in [0.2, 0.25) is 15.9 Å². The summed E-state index contributed by atoms with van der Waals surface area (Å²) in [5, 5.41) is 0. The molecule has 0 spiro atoms. The molecule has 1 aliphatic heterocycles. The predicted molar refractivity (Wildman–Crippen MR) is 79.2 cm³/mol. The van der Waals surface area contributed by atoms with Gasteiger partial charge in [-0.1, -0.05) is 19.9 Å². The van der Waals surface area contributed by atoms with E-state index < -0.39 is 27.5 Å². The van der Waals surface area contributed by atoms with Crippen LogP contribution in [0, 0.1) is 5.82 Å². The predicted octanol–water partition coefficient (Wildman–Crippen LogP) is 1.39. The molecule has 0 fully saturated rings. The molecule has 116 valence electrons. The minimum atomic E-state index is -3.62. The first-order valence-corrected chi connectivity index (χ1v) is 8.56. The second-order valence-electron chi connectivity index (χ2n) is 4.91. The van der Waals surface area contributed by atoms with E-state index in [0.717, 1.165) is 5.56 Å². The third kappa shape index (κ3) is 3.24. The highest BCUT2D eigenvalue weighted by atomic mass is 32.2. The topological polar surface area (TPSA) is 57.7 Å². The van der Waals surface area contributed by atoms with Crippen molar-refractivity contribution in [3.05, 3.63) is 29.6 Å². The summed E-state index contributed by atoms with van der Waals surface area (Å²) in [5.41, 5.74) is 1.35. The standard InChI is InChI=1S/C14H19FN2O3S/c1-3-16(4-2)21(19,20)10-14(18)17-8-7-11-5-6-12(15)9-13(11)17/h5-6,9H,3-4,7-8,10H2,1-2H3. The average molecular weight is 314 g/mol. The number of halogens is 1. The van der Waals surface area contributed by atoms with Crippen LogP contribution in [0.15, 0.2) is 18.2 Å². The van der Waals surface area contributed by atoms with E-state index in [1.54, 1.807) is 19.9 Å². The molecule has 5 nitrogen and oxygen atoms in total. The molecule has 1 heterocycles. The van der Waals surface area contributed by atoms with Crippen LogP contribution in [0.4, 0.5) is 10.1 Å². The molecule has 21 heavy (non-hydrogen) atoms. The van der Waals surface area contributed by atoms with Crippen LogP contribution < -0.4 is 4.90 Å². The maximum Gasteiger partial charge on any atom is 0.243 e. The van der Waals surface area contributed by atoms with Gasteiger partial charge >= 0.3 is 0 Å². The van der Waals surface area contributed by atoms with E-state index in [9.17, 15) is 17.6 Å².